The third-order valence-corrected chi connectivity index (χ3v) is 2.75. The maximum atomic E-state index is 11.2. The van der Waals surface area contributed by atoms with Crippen molar-refractivity contribution >= 4 is 11.9 Å². The van der Waals surface area contributed by atoms with Crippen molar-refractivity contribution in [2.24, 2.45) is 0 Å². The molecule has 1 aliphatic heterocycles. The Morgan fingerprint density at radius 3 is 2.21 bits per heavy atom. The van der Waals surface area contributed by atoms with Crippen molar-refractivity contribution in [2.75, 3.05) is 27.4 Å². The van der Waals surface area contributed by atoms with Gasteiger partial charge in [-0.2, -0.15) is 0 Å². The van der Waals surface area contributed by atoms with E-state index < -0.39 is 36.4 Å². The van der Waals surface area contributed by atoms with E-state index in [2.05, 4.69) is 0 Å². The van der Waals surface area contributed by atoms with Crippen LogP contribution in [0, 0.1) is 0 Å². The van der Waals surface area contributed by atoms with E-state index in [-0.39, 0.29) is 13.2 Å². The largest absolute Gasteiger partial charge is 0.457 e. The third-order valence-electron chi connectivity index (χ3n) is 2.75. The number of rotatable bonds is 5. The Balaban J connectivity index is 2.83. The summed E-state index contributed by atoms with van der Waals surface area (Å²) in [4.78, 5) is 22.2. The summed E-state index contributed by atoms with van der Waals surface area (Å²) in [7, 11) is 2.99. The molecule has 0 spiro atoms. The predicted octanol–water partition coefficient (Wildman–Crippen LogP) is -0.0900. The molecule has 0 N–H and O–H groups in total. The van der Waals surface area contributed by atoms with Gasteiger partial charge in [0.1, 0.15) is 12.2 Å². The van der Waals surface area contributed by atoms with Crippen LogP contribution in [0.15, 0.2) is 0 Å². The predicted molar refractivity (Wildman–Crippen MR) is 63.5 cm³/mol. The van der Waals surface area contributed by atoms with E-state index in [1.165, 1.54) is 28.1 Å². The van der Waals surface area contributed by atoms with Gasteiger partial charge < -0.3 is 23.7 Å². The smallest absolute Gasteiger partial charge is 0.303 e. The van der Waals surface area contributed by atoms with E-state index in [1.807, 2.05) is 0 Å². The van der Waals surface area contributed by atoms with E-state index >= 15 is 0 Å². The summed E-state index contributed by atoms with van der Waals surface area (Å²) in [6.45, 7) is 3.02. The van der Waals surface area contributed by atoms with Crippen LogP contribution in [-0.2, 0) is 33.3 Å². The lowest BCUT2D eigenvalue weighted by atomic mass is 9.99. The second-order valence-electron chi connectivity index (χ2n) is 4.25. The number of ether oxygens (including phenoxy) is 5. The molecule has 0 bridgehead atoms. The van der Waals surface area contributed by atoms with E-state index in [0.29, 0.717) is 0 Å². The summed E-state index contributed by atoms with van der Waals surface area (Å²) in [5.74, 6) is -0.900. The molecule has 0 saturated carbocycles. The fourth-order valence-electron chi connectivity index (χ4n) is 2.07. The molecule has 0 aromatic rings. The average Bonchev–Trinajstić information content (AvgIpc) is 2.31. The number of esters is 2. The zero-order valence-electron chi connectivity index (χ0n) is 11.6. The van der Waals surface area contributed by atoms with Gasteiger partial charge in [-0.15, -0.1) is 0 Å². The molecule has 1 heterocycles. The van der Waals surface area contributed by atoms with Crippen molar-refractivity contribution < 1.29 is 33.3 Å². The van der Waals surface area contributed by atoms with Crippen LogP contribution in [0.25, 0.3) is 0 Å². The monoisotopic (exact) mass is 276 g/mol. The van der Waals surface area contributed by atoms with Crippen LogP contribution in [0.3, 0.4) is 0 Å². The standard InChI is InChI=1S/C12H20O7/c1-7(13)18-10-6-17-9(5-15-3)12(11(10)16-4)19-8(2)14/h9-12H,5-6H2,1-4H3/t9-,10-,11+,12+/m1/s1. The van der Waals surface area contributed by atoms with Crippen LogP contribution in [0.2, 0.25) is 0 Å². The third kappa shape index (κ3) is 4.45. The van der Waals surface area contributed by atoms with E-state index in [9.17, 15) is 9.59 Å². The quantitative estimate of drug-likeness (QED) is 0.649. The summed E-state index contributed by atoms with van der Waals surface area (Å²) in [6.07, 6.45) is -2.33. The lowest BCUT2D eigenvalue weighted by molar-refractivity contribution is -0.227. The minimum absolute atomic E-state index is 0.171. The minimum atomic E-state index is -0.680. The average molecular weight is 276 g/mol. The van der Waals surface area contributed by atoms with Crippen LogP contribution in [0.1, 0.15) is 13.8 Å². The molecule has 0 amide bonds. The fourth-order valence-corrected chi connectivity index (χ4v) is 2.07. The molecule has 1 saturated heterocycles. The Hall–Kier alpha value is -1.18. The summed E-state index contributed by atoms with van der Waals surface area (Å²) in [5.41, 5.74) is 0. The highest BCUT2D eigenvalue weighted by Crippen LogP contribution is 2.23. The van der Waals surface area contributed by atoms with Crippen LogP contribution in [0.4, 0.5) is 0 Å². The highest BCUT2D eigenvalue weighted by molar-refractivity contribution is 5.67. The normalized spacial score (nSPS) is 30.7. The topological polar surface area (TPSA) is 80.3 Å². The molecule has 7 heteroatoms. The lowest BCUT2D eigenvalue weighted by Crippen LogP contribution is -2.57. The van der Waals surface area contributed by atoms with Gasteiger partial charge in [0.2, 0.25) is 0 Å². The zero-order chi connectivity index (χ0) is 14.4. The van der Waals surface area contributed by atoms with Crippen LogP contribution in [-0.4, -0.2) is 63.8 Å². The minimum Gasteiger partial charge on any atom is -0.457 e. The molecule has 7 nitrogen and oxygen atoms in total. The van der Waals surface area contributed by atoms with Gasteiger partial charge in [0.25, 0.3) is 0 Å². The molecule has 0 aromatic heterocycles. The zero-order valence-corrected chi connectivity index (χ0v) is 11.6. The Bertz CT molecular complexity index is 317. The SMILES string of the molecule is COC[C@H]1OC[C@@H](OC(C)=O)[C@H](OC)[C@H]1OC(C)=O. The lowest BCUT2D eigenvalue weighted by Gasteiger charge is -2.40. The molecule has 0 aliphatic carbocycles. The highest BCUT2D eigenvalue weighted by atomic mass is 16.6. The Morgan fingerprint density at radius 2 is 1.74 bits per heavy atom. The molecule has 1 fully saturated rings. The van der Waals surface area contributed by atoms with Gasteiger partial charge in [0.05, 0.1) is 13.2 Å². The summed E-state index contributed by atoms with van der Waals surface area (Å²) in [5, 5.41) is 0. The van der Waals surface area contributed by atoms with Crippen LogP contribution < -0.4 is 0 Å². The van der Waals surface area contributed by atoms with E-state index in [4.69, 9.17) is 23.7 Å². The summed E-state index contributed by atoms with van der Waals surface area (Å²) in [6, 6.07) is 0. The first-order chi connectivity index (χ1) is 8.99. The summed E-state index contributed by atoms with van der Waals surface area (Å²) < 4.78 is 26.2. The first-order valence-corrected chi connectivity index (χ1v) is 5.97. The Morgan fingerprint density at radius 1 is 1.11 bits per heavy atom. The van der Waals surface area contributed by atoms with Gasteiger partial charge in [-0.05, 0) is 0 Å². The molecule has 0 aromatic carbocycles. The van der Waals surface area contributed by atoms with Crippen molar-refractivity contribution in [1.29, 1.82) is 0 Å². The molecular weight excluding hydrogens is 256 g/mol. The number of methoxy groups -OCH3 is 2. The Labute approximate surface area is 112 Å². The van der Waals surface area contributed by atoms with Gasteiger partial charge in [-0.1, -0.05) is 0 Å². The maximum absolute atomic E-state index is 11.2. The molecule has 0 radical (unpaired) electrons. The van der Waals surface area contributed by atoms with E-state index in [0.717, 1.165) is 0 Å². The first-order valence-electron chi connectivity index (χ1n) is 5.97. The summed E-state index contributed by atoms with van der Waals surface area (Å²) >= 11 is 0. The van der Waals surface area contributed by atoms with Crippen molar-refractivity contribution in [3.63, 3.8) is 0 Å². The molecule has 110 valence electrons. The Kier molecular flexibility index (Phi) is 6.20. The van der Waals surface area contributed by atoms with Crippen molar-refractivity contribution in [2.45, 2.75) is 38.3 Å². The van der Waals surface area contributed by atoms with Crippen molar-refractivity contribution in [1.82, 2.24) is 0 Å². The molecular formula is C12H20O7. The molecule has 19 heavy (non-hydrogen) atoms. The van der Waals surface area contributed by atoms with E-state index in [1.54, 1.807) is 0 Å². The molecule has 1 aliphatic rings. The van der Waals surface area contributed by atoms with Gasteiger partial charge in [-0.25, -0.2) is 0 Å². The van der Waals surface area contributed by atoms with Crippen LogP contribution in [0.5, 0.6) is 0 Å². The van der Waals surface area contributed by atoms with Crippen molar-refractivity contribution in [3.05, 3.63) is 0 Å². The number of hydrogen-bond donors (Lipinski definition) is 0. The number of carbonyl (C=O) groups is 2. The molecule has 1 rings (SSSR count). The van der Waals surface area contributed by atoms with Gasteiger partial charge in [0.15, 0.2) is 12.2 Å². The van der Waals surface area contributed by atoms with Gasteiger partial charge >= 0.3 is 11.9 Å². The molecule has 4 atom stereocenters. The highest BCUT2D eigenvalue weighted by Gasteiger charge is 2.44. The maximum Gasteiger partial charge on any atom is 0.303 e. The van der Waals surface area contributed by atoms with Gasteiger partial charge in [0, 0.05) is 28.1 Å². The molecule has 0 unspecified atom stereocenters. The number of carbonyl (C=O) groups excluding carboxylic acids is 2. The fraction of sp³-hybridized carbons (Fsp3) is 0.833. The second-order valence-corrected chi connectivity index (χ2v) is 4.25. The first kappa shape index (κ1) is 15.9. The second kappa shape index (κ2) is 7.42. The number of hydrogen-bond acceptors (Lipinski definition) is 7. The van der Waals surface area contributed by atoms with Crippen molar-refractivity contribution in [3.8, 4) is 0 Å². The van der Waals surface area contributed by atoms with Crippen LogP contribution >= 0.6 is 0 Å². The van der Waals surface area contributed by atoms with Gasteiger partial charge in [-0.3, -0.25) is 9.59 Å².